The minimum atomic E-state index is 0.0207. The summed E-state index contributed by atoms with van der Waals surface area (Å²) in [4.78, 5) is 11.7. The van der Waals surface area contributed by atoms with Gasteiger partial charge in [0.2, 0.25) is 0 Å². The van der Waals surface area contributed by atoms with Gasteiger partial charge in [-0.1, -0.05) is 13.8 Å². The van der Waals surface area contributed by atoms with Crippen LogP contribution in [-0.2, 0) is 156 Å². The number of hydrogen-bond donors (Lipinski definition) is 2. The van der Waals surface area contributed by atoms with Crippen LogP contribution < -0.4 is 0 Å². The van der Waals surface area contributed by atoms with E-state index in [0.29, 0.717) is 423 Å². The van der Waals surface area contributed by atoms with Gasteiger partial charge >= 0.3 is 0 Å². The van der Waals surface area contributed by atoms with Gasteiger partial charge in [0.25, 0.3) is 0 Å². The lowest BCUT2D eigenvalue weighted by atomic mass is 10.4. The minimum Gasteiger partial charge on any atom is -0.394 e. The highest BCUT2D eigenvalue weighted by Crippen LogP contribution is 1.97. The Morgan fingerprint density at radius 2 is 0.197 bits per heavy atom. The van der Waals surface area contributed by atoms with Gasteiger partial charge in [-0.3, -0.25) is 0 Å². The van der Waals surface area contributed by atoms with Crippen molar-refractivity contribution in [2.45, 2.75) is 26.7 Å². The molecule has 768 valence electrons. The number of aliphatic hydroxyl groups is 2. The van der Waals surface area contributed by atoms with E-state index in [9.17, 15) is 0 Å². The maximum Gasteiger partial charge on any atom is 0.0701 e. The lowest BCUT2D eigenvalue weighted by Gasteiger charge is -2.25. The average molecular weight is 1860 g/mol. The molecule has 0 saturated carbocycles. The number of aliphatic hydroxyl groups excluding tert-OH is 2. The van der Waals surface area contributed by atoms with Crippen LogP contribution in [0.1, 0.15) is 26.7 Å². The van der Waals surface area contributed by atoms with Gasteiger partial charge in [-0.15, -0.1) is 0 Å². The van der Waals surface area contributed by atoms with Crippen molar-refractivity contribution in [1.29, 1.82) is 0 Å². The number of hydrogen-bond acceptors (Lipinski definition) is 40. The first kappa shape index (κ1) is 130. The minimum absolute atomic E-state index is 0.0207. The van der Waals surface area contributed by atoms with Crippen molar-refractivity contribution in [2.24, 2.45) is 0 Å². The maximum atomic E-state index is 8.60. The van der Waals surface area contributed by atoms with Gasteiger partial charge in [0, 0.05) is 65.6 Å². The Morgan fingerprint density at radius 1 is 0.118 bits per heavy atom. The zero-order valence-electron chi connectivity index (χ0n) is 80.8. The van der Waals surface area contributed by atoms with Crippen LogP contribution in [0, 0.1) is 0 Å². The molecule has 0 aliphatic heterocycles. The topological polar surface area (TPSA) is 361 Å². The summed E-state index contributed by atoms with van der Waals surface area (Å²) in [5.74, 6) is 0. The molecule has 0 saturated heterocycles. The molecule has 2 N–H and O–H groups in total. The second-order valence-corrected chi connectivity index (χ2v) is 28.2. The fraction of sp³-hybridized carbons (Fsp3) is 1.00. The fourth-order valence-corrected chi connectivity index (χ4v) is 9.20. The molecule has 0 aromatic rings. The molecule has 0 radical (unpaired) electrons. The van der Waals surface area contributed by atoms with Crippen LogP contribution in [0.15, 0.2) is 0 Å². The highest BCUT2D eigenvalue weighted by atomic mass is 16.6. The highest BCUT2D eigenvalue weighted by Gasteiger charge is 2.08. The Bertz CT molecular complexity index is 1770. The Morgan fingerprint density at radius 3 is 0.276 bits per heavy atom. The summed E-state index contributed by atoms with van der Waals surface area (Å²) >= 11 is 0. The molecular formula is C87H185N5O35. The molecule has 0 aromatic carbocycles. The molecule has 0 unspecified atom stereocenters. The van der Waals surface area contributed by atoms with Gasteiger partial charge in [0.1, 0.15) is 0 Å². The van der Waals surface area contributed by atoms with Crippen molar-refractivity contribution in [1.82, 2.24) is 24.5 Å². The van der Waals surface area contributed by atoms with Crippen LogP contribution in [-0.4, -0.2) is 586 Å². The van der Waals surface area contributed by atoms with Crippen LogP contribution in [0.25, 0.3) is 0 Å². The van der Waals surface area contributed by atoms with Gasteiger partial charge in [0.15, 0.2) is 0 Å². The Kier molecular flexibility index (Phi) is 125. The maximum absolute atomic E-state index is 8.60. The molecule has 0 aliphatic carbocycles. The third kappa shape index (κ3) is 131. The largest absolute Gasteiger partial charge is 0.394 e. The summed E-state index contributed by atoms with van der Waals surface area (Å²) in [6.07, 6.45) is 2.04. The van der Waals surface area contributed by atoms with Crippen molar-refractivity contribution >= 4 is 0 Å². The van der Waals surface area contributed by atoms with Gasteiger partial charge in [-0.05, 0) is 62.2 Å². The van der Waals surface area contributed by atoms with Crippen LogP contribution in [0.4, 0.5) is 0 Å². The van der Waals surface area contributed by atoms with E-state index >= 15 is 0 Å². The van der Waals surface area contributed by atoms with E-state index in [2.05, 4.69) is 87.7 Å². The number of nitrogens with zero attached hydrogens (tertiary/aromatic N) is 5. The van der Waals surface area contributed by atoms with Gasteiger partial charge in [0.05, 0.1) is 436 Å². The standard InChI is InChI=1S/C41H84O20.C31H64O15.C15H37N5/c1-2-4-43-6-8-45-10-12-47-14-16-49-18-20-51-22-24-53-26-28-55-30-32-57-34-36-59-38-40-61-41-39-60-37-35-58-33-31-56-29-27-54-25-23-52-21-19-50-17-15-48-13-11-46-9-7-44-5-3-42;1-2-4-33-6-8-35-10-12-37-14-16-39-18-20-41-22-24-43-26-28-45-30-31-46-29-27-44-25-23-42-21-19-40-17-15-38-13-11-36-9-7-34-5-3-32;1-16(2)8-10-18(5)12-14-20(7)15-13-19(6)11-9-17(3)4/h42H,2-41H2,1H3;32H,2-31H2,1H3;8-15H2,1-7H3. The Labute approximate surface area is 765 Å². The smallest absolute Gasteiger partial charge is 0.0701 e. The molecule has 0 spiro atoms. The third-order valence-corrected chi connectivity index (χ3v) is 16.3. The number of rotatable bonds is 113. The van der Waals surface area contributed by atoms with E-state index in [1.807, 2.05) is 0 Å². The zero-order chi connectivity index (χ0) is 92.4. The first-order valence-electron chi connectivity index (χ1n) is 46.3. The molecule has 40 heteroatoms. The second kappa shape index (κ2) is 122. The molecular weight excluding hydrogens is 1670 g/mol. The Balaban J connectivity index is -0.00000204. The summed E-state index contributed by atoms with van der Waals surface area (Å²) < 4.78 is 179. The highest BCUT2D eigenvalue weighted by molar-refractivity contribution is 4.62. The molecule has 0 aliphatic rings. The number of ether oxygens (including phenoxy) is 33. The molecule has 0 amide bonds. The van der Waals surface area contributed by atoms with Crippen molar-refractivity contribution in [2.75, 3.05) is 551 Å². The van der Waals surface area contributed by atoms with Crippen molar-refractivity contribution < 1.29 is 167 Å². The summed E-state index contributed by atoms with van der Waals surface area (Å²) in [5, 5.41) is 17.2. The average Bonchev–Trinajstić information content (AvgIpc) is 0.980. The second-order valence-electron chi connectivity index (χ2n) is 28.2. The molecule has 0 bridgehead atoms. The molecule has 0 heterocycles. The van der Waals surface area contributed by atoms with Gasteiger partial charge in [-0.25, -0.2) is 0 Å². The summed E-state index contributed by atoms with van der Waals surface area (Å²) in [5.41, 5.74) is 0. The summed E-state index contributed by atoms with van der Waals surface area (Å²) in [7, 11) is 15.2. The molecule has 0 rings (SSSR count). The van der Waals surface area contributed by atoms with Crippen molar-refractivity contribution in [3.63, 3.8) is 0 Å². The first-order chi connectivity index (χ1) is 62.6. The van der Waals surface area contributed by atoms with E-state index in [0.717, 1.165) is 78.4 Å². The SMILES string of the molecule is CCCOCCOCCOCCOCCOCCOCCOCCOCCOCCOCCOCCOCCOCCOCCO.CCCOCCOCCOCCOCCOCCOCCOCCOCCOCCOCCOCCOCCOCCOCCOCCOCCOCCOCCOCCO.CN(C)CCN(C)CCN(C)CCN(C)CCN(C)C. The normalized spacial score (nSPS) is 11.8. The lowest BCUT2D eigenvalue weighted by molar-refractivity contribution is -0.0313. The molecule has 0 fully saturated rings. The van der Waals surface area contributed by atoms with Gasteiger partial charge in [-0.2, -0.15) is 0 Å². The van der Waals surface area contributed by atoms with E-state index < -0.39 is 0 Å². The summed E-state index contributed by atoms with van der Waals surface area (Å²) in [6.45, 7) is 47.3. The fourth-order valence-electron chi connectivity index (χ4n) is 9.20. The summed E-state index contributed by atoms with van der Waals surface area (Å²) in [6, 6.07) is 0. The van der Waals surface area contributed by atoms with E-state index in [1.165, 1.54) is 0 Å². The van der Waals surface area contributed by atoms with Crippen LogP contribution in [0.5, 0.6) is 0 Å². The van der Waals surface area contributed by atoms with Gasteiger partial charge < -0.3 is 191 Å². The Hall–Kier alpha value is -1.60. The van der Waals surface area contributed by atoms with Crippen LogP contribution in [0.2, 0.25) is 0 Å². The molecule has 0 atom stereocenters. The predicted molar refractivity (Wildman–Crippen MR) is 481 cm³/mol. The first-order valence-corrected chi connectivity index (χ1v) is 46.3. The zero-order valence-corrected chi connectivity index (χ0v) is 80.8. The van der Waals surface area contributed by atoms with Crippen molar-refractivity contribution in [3.8, 4) is 0 Å². The molecule has 127 heavy (non-hydrogen) atoms. The predicted octanol–water partition coefficient (Wildman–Crippen LogP) is 1.23. The van der Waals surface area contributed by atoms with E-state index in [1.54, 1.807) is 0 Å². The molecule has 0 aromatic heterocycles. The van der Waals surface area contributed by atoms with Crippen LogP contribution >= 0.6 is 0 Å². The van der Waals surface area contributed by atoms with Crippen LogP contribution in [0.3, 0.4) is 0 Å². The quantitative estimate of drug-likeness (QED) is 0.0809. The third-order valence-electron chi connectivity index (χ3n) is 16.3. The number of likely N-dealkylation sites (N-methyl/N-ethyl adjacent to an activating group) is 5. The van der Waals surface area contributed by atoms with E-state index in [4.69, 9.17) is 167 Å². The van der Waals surface area contributed by atoms with E-state index in [-0.39, 0.29) is 13.2 Å². The lowest BCUT2D eigenvalue weighted by Crippen LogP contribution is -2.38. The molecule has 40 nitrogen and oxygen atoms in total. The van der Waals surface area contributed by atoms with Crippen molar-refractivity contribution in [3.05, 3.63) is 0 Å². The monoisotopic (exact) mass is 1860 g/mol.